The molecular formula is C20H18N2O3S. The molecule has 0 saturated heterocycles. The molecule has 0 heterocycles. The van der Waals surface area contributed by atoms with Crippen LogP contribution in [0, 0.1) is 0 Å². The van der Waals surface area contributed by atoms with Crippen LogP contribution in [0.4, 0.5) is 5.69 Å². The second kappa shape index (κ2) is 6.23. The first-order valence-electron chi connectivity index (χ1n) is 8.35. The van der Waals surface area contributed by atoms with Crippen LogP contribution in [0.5, 0.6) is 0 Å². The van der Waals surface area contributed by atoms with Gasteiger partial charge in [0.25, 0.3) is 5.91 Å². The molecule has 0 aliphatic heterocycles. The molecule has 0 spiro atoms. The lowest BCUT2D eigenvalue weighted by Crippen LogP contribution is -2.15. The van der Waals surface area contributed by atoms with Crippen molar-refractivity contribution in [3.63, 3.8) is 0 Å². The second-order valence-corrected chi connectivity index (χ2v) is 8.18. The number of carbonyl (C=O) groups is 1. The number of rotatable bonds is 4. The summed E-state index contributed by atoms with van der Waals surface area (Å²) in [4.78, 5) is 12.8. The lowest BCUT2D eigenvalue weighted by molar-refractivity contribution is 0.102. The molecule has 3 aromatic carbocycles. The molecule has 132 valence electrons. The van der Waals surface area contributed by atoms with Crippen molar-refractivity contribution in [3.05, 3.63) is 76.9 Å². The third-order valence-electron chi connectivity index (χ3n) is 4.70. The number of hydrogen-bond donors (Lipinski definition) is 2. The number of nitrogens with two attached hydrogens (primary N) is 1. The van der Waals surface area contributed by atoms with Crippen molar-refractivity contribution in [1.82, 2.24) is 0 Å². The van der Waals surface area contributed by atoms with E-state index in [0.717, 1.165) is 18.2 Å². The maximum atomic E-state index is 12.8. The topological polar surface area (TPSA) is 89.3 Å². The minimum Gasteiger partial charge on any atom is -0.322 e. The molecule has 0 aromatic heterocycles. The summed E-state index contributed by atoms with van der Waals surface area (Å²) in [6.45, 7) is 0. The smallest absolute Gasteiger partial charge is 0.256 e. The van der Waals surface area contributed by atoms with Crippen LogP contribution in [0.2, 0.25) is 0 Å². The zero-order valence-electron chi connectivity index (χ0n) is 14.0. The van der Waals surface area contributed by atoms with Gasteiger partial charge >= 0.3 is 0 Å². The Kier molecular flexibility index (Phi) is 4.01. The minimum absolute atomic E-state index is 0.181. The molecule has 6 heteroatoms. The van der Waals surface area contributed by atoms with Gasteiger partial charge in [-0.1, -0.05) is 36.4 Å². The highest BCUT2D eigenvalue weighted by atomic mass is 32.2. The molecular weight excluding hydrogens is 348 g/mol. The van der Waals surface area contributed by atoms with Crippen LogP contribution in [0.25, 0.3) is 10.8 Å². The minimum atomic E-state index is -3.57. The monoisotopic (exact) mass is 366 g/mol. The molecule has 1 amide bonds. The van der Waals surface area contributed by atoms with Crippen molar-refractivity contribution in [1.29, 1.82) is 0 Å². The number of aryl methyl sites for hydroxylation is 2. The molecule has 0 atom stereocenters. The number of primary sulfonamides is 1. The molecule has 26 heavy (non-hydrogen) atoms. The third kappa shape index (κ3) is 3.21. The van der Waals surface area contributed by atoms with E-state index in [-0.39, 0.29) is 11.7 Å². The van der Waals surface area contributed by atoms with Crippen molar-refractivity contribution < 1.29 is 13.2 Å². The predicted octanol–water partition coefficient (Wildman–Crippen LogP) is 2.98. The quantitative estimate of drug-likeness (QED) is 0.744. The summed E-state index contributed by atoms with van der Waals surface area (Å²) in [5.74, 6) is -0.407. The van der Waals surface area contributed by atoms with Crippen molar-refractivity contribution >= 4 is 32.4 Å². The SMILES string of the molecule is NS(=O)(=O)Cc1ccc(NC(=O)c2ccc3c4c(cccc24)CC3)cc1. The number of anilines is 1. The Morgan fingerprint density at radius 2 is 1.65 bits per heavy atom. The van der Waals surface area contributed by atoms with Gasteiger partial charge in [-0.05, 0) is 58.5 Å². The highest BCUT2D eigenvalue weighted by Gasteiger charge is 2.18. The van der Waals surface area contributed by atoms with E-state index in [1.54, 1.807) is 24.3 Å². The lowest BCUT2D eigenvalue weighted by atomic mass is 9.99. The first-order chi connectivity index (χ1) is 12.4. The maximum Gasteiger partial charge on any atom is 0.256 e. The number of benzene rings is 3. The van der Waals surface area contributed by atoms with Crippen LogP contribution < -0.4 is 10.5 Å². The van der Waals surface area contributed by atoms with E-state index in [0.29, 0.717) is 16.8 Å². The molecule has 0 fully saturated rings. The van der Waals surface area contributed by atoms with Gasteiger partial charge in [-0.15, -0.1) is 0 Å². The summed E-state index contributed by atoms with van der Waals surface area (Å²) in [7, 11) is -3.57. The molecule has 0 unspecified atom stereocenters. The van der Waals surface area contributed by atoms with Crippen LogP contribution in [0.15, 0.2) is 54.6 Å². The molecule has 3 aromatic rings. The maximum absolute atomic E-state index is 12.8. The van der Waals surface area contributed by atoms with Gasteiger partial charge in [0.05, 0.1) is 5.75 Å². The summed E-state index contributed by atoms with van der Waals surface area (Å²) >= 11 is 0. The second-order valence-electron chi connectivity index (χ2n) is 6.57. The Bertz CT molecular complexity index is 1110. The number of nitrogens with one attached hydrogen (secondary N) is 1. The summed E-state index contributed by atoms with van der Waals surface area (Å²) in [5.41, 5.74) is 4.41. The first-order valence-corrected chi connectivity index (χ1v) is 10.1. The molecule has 0 bridgehead atoms. The summed E-state index contributed by atoms with van der Waals surface area (Å²) in [6, 6.07) is 16.6. The third-order valence-corrected chi connectivity index (χ3v) is 5.44. The van der Waals surface area contributed by atoms with Crippen LogP contribution in [-0.2, 0) is 28.6 Å². The number of sulfonamides is 1. The number of amides is 1. The van der Waals surface area contributed by atoms with Crippen LogP contribution in [0.3, 0.4) is 0 Å². The Balaban J connectivity index is 1.61. The van der Waals surface area contributed by atoms with E-state index in [4.69, 9.17) is 5.14 Å². The van der Waals surface area contributed by atoms with Crippen LogP contribution in [-0.4, -0.2) is 14.3 Å². The normalized spacial score (nSPS) is 13.1. The molecule has 0 radical (unpaired) electrons. The number of hydrogen-bond acceptors (Lipinski definition) is 3. The van der Waals surface area contributed by atoms with Gasteiger partial charge in [-0.2, -0.15) is 0 Å². The summed E-state index contributed by atoms with van der Waals surface area (Å²) in [6.07, 6.45) is 2.03. The fraction of sp³-hybridized carbons (Fsp3) is 0.150. The summed E-state index contributed by atoms with van der Waals surface area (Å²) in [5, 5.41) is 10.1. The number of carbonyl (C=O) groups excluding carboxylic acids is 1. The van der Waals surface area contributed by atoms with Crippen LogP contribution in [0.1, 0.15) is 27.0 Å². The fourth-order valence-corrected chi connectivity index (χ4v) is 4.22. The van der Waals surface area contributed by atoms with Gasteiger partial charge in [0.15, 0.2) is 0 Å². The van der Waals surface area contributed by atoms with E-state index in [2.05, 4.69) is 11.4 Å². The molecule has 0 saturated carbocycles. The van der Waals surface area contributed by atoms with Crippen molar-refractivity contribution in [2.45, 2.75) is 18.6 Å². The fourth-order valence-electron chi connectivity index (χ4n) is 3.56. The summed E-state index contributed by atoms with van der Waals surface area (Å²) < 4.78 is 22.3. The first kappa shape index (κ1) is 16.8. The molecule has 3 N–H and O–H groups in total. The van der Waals surface area contributed by atoms with Crippen molar-refractivity contribution in [2.24, 2.45) is 5.14 Å². The largest absolute Gasteiger partial charge is 0.322 e. The van der Waals surface area contributed by atoms with Crippen molar-refractivity contribution in [2.75, 3.05) is 5.32 Å². The van der Waals surface area contributed by atoms with E-state index >= 15 is 0 Å². The van der Waals surface area contributed by atoms with Gasteiger partial charge in [-0.3, -0.25) is 4.79 Å². The van der Waals surface area contributed by atoms with Gasteiger partial charge in [0.2, 0.25) is 10.0 Å². The van der Waals surface area contributed by atoms with Gasteiger partial charge in [0, 0.05) is 11.3 Å². The van der Waals surface area contributed by atoms with E-state index in [1.165, 1.54) is 16.5 Å². The zero-order chi connectivity index (χ0) is 18.3. The Morgan fingerprint density at radius 1 is 0.962 bits per heavy atom. The van der Waals surface area contributed by atoms with Crippen molar-refractivity contribution in [3.8, 4) is 0 Å². The Hall–Kier alpha value is -2.70. The molecule has 1 aliphatic carbocycles. The zero-order valence-corrected chi connectivity index (χ0v) is 14.8. The van der Waals surface area contributed by atoms with Crippen LogP contribution >= 0.6 is 0 Å². The highest BCUT2D eigenvalue weighted by molar-refractivity contribution is 7.88. The Labute approximate surface area is 151 Å². The molecule has 5 nitrogen and oxygen atoms in total. The highest BCUT2D eigenvalue weighted by Crippen LogP contribution is 2.33. The molecule has 1 aliphatic rings. The molecule has 4 rings (SSSR count). The van der Waals surface area contributed by atoms with E-state index in [1.807, 2.05) is 24.3 Å². The Morgan fingerprint density at radius 3 is 2.35 bits per heavy atom. The standard InChI is InChI=1S/C20H18N2O3S/c21-26(24,25)12-13-4-9-16(10-5-13)22-20(23)18-11-8-15-7-6-14-2-1-3-17(18)19(14)15/h1-5,8-11H,6-7,12H2,(H,22,23)(H2,21,24,25). The van der Waals surface area contributed by atoms with Gasteiger partial charge < -0.3 is 5.32 Å². The predicted molar refractivity (Wildman–Crippen MR) is 103 cm³/mol. The van der Waals surface area contributed by atoms with E-state index < -0.39 is 10.0 Å². The average Bonchev–Trinajstić information content (AvgIpc) is 3.01. The van der Waals surface area contributed by atoms with E-state index in [9.17, 15) is 13.2 Å². The van der Waals surface area contributed by atoms with Gasteiger partial charge in [0.1, 0.15) is 0 Å². The lowest BCUT2D eigenvalue weighted by Gasteiger charge is -2.10. The van der Waals surface area contributed by atoms with Gasteiger partial charge in [-0.25, -0.2) is 13.6 Å². The average molecular weight is 366 g/mol.